The molecule has 4 N–H and O–H groups in total. The smallest absolute Gasteiger partial charge is 0.338 e. The normalized spacial score (nSPS) is 12.0. The van der Waals surface area contributed by atoms with Crippen molar-refractivity contribution in [3.63, 3.8) is 0 Å². The molecule has 0 amide bonds. The SMILES string of the molecule is C=C/C=C(C(=O)O)\C(=C/C(=O)OCCCCCC(=O)OC(COC(=O)C(=C)C)COC(=O)C(=C)CC(C)(C)C(=O)OCC(COC(=O)C(=C)C)OC(=O)CCCCCOC(=O)c1ccc(C(=O)O)c(C(=O)O)c1)C(=O)O. The Balaban J connectivity index is 2.77. The monoisotopic (exact) mass is 1070 g/mol. The van der Waals surface area contributed by atoms with Crippen molar-refractivity contribution in [3.8, 4) is 0 Å². The molecule has 24 heteroatoms. The lowest BCUT2D eigenvalue weighted by molar-refractivity contribution is -0.169. The maximum absolute atomic E-state index is 13.3. The van der Waals surface area contributed by atoms with E-state index in [9.17, 15) is 72.9 Å². The van der Waals surface area contributed by atoms with Crippen LogP contribution in [0, 0.1) is 5.41 Å². The standard InChI is InChI=1S/C52H62O24/c1-9-16-36(43(56)57)39(46(62)63)24-42(55)69-21-14-10-12-17-40(53)75-34(26-71-47(64)30(2)3)28-73-49(66)32(6)25-52(7,8)51(68)74-29-35(27-72-48(65)31(4)5)76-41(54)18-13-11-15-22-70-50(67)33-19-20-37(44(58)59)38(23-33)45(60)61/h9,16,19-20,23-24,34-35H,1-2,4,6,10-15,17-18,21-22,25-29H2,3,5,7-8H3,(H,56,57)(H,58,59)(H,60,61)(H,62,63)/b36-16+,39-24+. The number of unbranched alkanes of at least 4 members (excludes halogenated alkanes) is 4. The summed E-state index contributed by atoms with van der Waals surface area (Å²) in [7, 11) is 0. The van der Waals surface area contributed by atoms with Gasteiger partial charge in [-0.15, -0.1) is 0 Å². The predicted octanol–water partition coefficient (Wildman–Crippen LogP) is 5.23. The summed E-state index contributed by atoms with van der Waals surface area (Å²) in [6.07, 6.45) is 0.718. The summed E-state index contributed by atoms with van der Waals surface area (Å²) in [5.74, 6) is -13.5. The molecule has 0 heterocycles. The highest BCUT2D eigenvalue weighted by Gasteiger charge is 2.34. The molecule has 1 aromatic rings. The first-order valence-electron chi connectivity index (χ1n) is 23.1. The van der Waals surface area contributed by atoms with E-state index in [0.29, 0.717) is 18.9 Å². The third-order valence-electron chi connectivity index (χ3n) is 9.93. The number of hydrogen-bond donors (Lipinski definition) is 4. The minimum Gasteiger partial charge on any atom is -0.478 e. The van der Waals surface area contributed by atoms with E-state index < -0.39 is 138 Å². The molecule has 0 saturated carbocycles. The summed E-state index contributed by atoms with van der Waals surface area (Å²) in [4.78, 5) is 146. The molecule has 0 aliphatic carbocycles. The number of aliphatic carboxylic acids is 2. The predicted molar refractivity (Wildman–Crippen MR) is 261 cm³/mol. The van der Waals surface area contributed by atoms with Crippen LogP contribution in [0.4, 0.5) is 0 Å². The van der Waals surface area contributed by atoms with Gasteiger partial charge in [0.2, 0.25) is 0 Å². The van der Waals surface area contributed by atoms with Crippen LogP contribution in [0.15, 0.2) is 90.6 Å². The van der Waals surface area contributed by atoms with Crippen molar-refractivity contribution in [2.24, 2.45) is 5.41 Å². The van der Waals surface area contributed by atoms with Gasteiger partial charge in [-0.05, 0) is 96.9 Å². The van der Waals surface area contributed by atoms with Gasteiger partial charge < -0.3 is 58.3 Å². The first-order chi connectivity index (χ1) is 35.6. The molecule has 0 bridgehead atoms. The summed E-state index contributed by atoms with van der Waals surface area (Å²) in [5.41, 5.74) is -4.44. The second kappa shape index (κ2) is 33.2. The van der Waals surface area contributed by atoms with Crippen molar-refractivity contribution in [1.29, 1.82) is 0 Å². The Labute approximate surface area is 436 Å². The minimum atomic E-state index is -1.68. The average Bonchev–Trinajstić information content (AvgIpc) is 3.34. The lowest BCUT2D eigenvalue weighted by atomic mass is 9.86. The molecule has 2 unspecified atom stereocenters. The van der Waals surface area contributed by atoms with Gasteiger partial charge >= 0.3 is 71.6 Å². The van der Waals surface area contributed by atoms with Gasteiger partial charge in [0.05, 0.1) is 46.5 Å². The van der Waals surface area contributed by atoms with Crippen LogP contribution in [0.1, 0.15) is 117 Å². The first kappa shape index (κ1) is 65.3. The van der Waals surface area contributed by atoms with Crippen LogP contribution in [-0.2, 0) is 81.0 Å². The molecule has 0 fully saturated rings. The van der Waals surface area contributed by atoms with Crippen LogP contribution in [0.2, 0.25) is 0 Å². The number of benzene rings is 1. The van der Waals surface area contributed by atoms with E-state index in [-0.39, 0.29) is 80.4 Å². The fourth-order valence-electron chi connectivity index (χ4n) is 5.98. The van der Waals surface area contributed by atoms with Gasteiger partial charge in [-0.1, -0.05) is 32.4 Å². The summed E-state index contributed by atoms with van der Waals surface area (Å²) in [6.45, 7) is 16.9. The third-order valence-corrected chi connectivity index (χ3v) is 9.93. The molecule has 24 nitrogen and oxygen atoms in total. The Hall–Kier alpha value is -8.70. The van der Waals surface area contributed by atoms with E-state index in [1.165, 1.54) is 27.7 Å². The fraction of sp³-hybridized carbons (Fsp3) is 0.423. The van der Waals surface area contributed by atoms with E-state index in [2.05, 4.69) is 26.3 Å². The molecule has 0 aliphatic heterocycles. The van der Waals surface area contributed by atoms with E-state index in [1.807, 2.05) is 0 Å². The van der Waals surface area contributed by atoms with Crippen molar-refractivity contribution >= 4 is 71.6 Å². The quantitative estimate of drug-likeness (QED) is 0.0220. The Kier molecular flexibility index (Phi) is 28.5. The van der Waals surface area contributed by atoms with Crippen molar-refractivity contribution in [3.05, 3.63) is 107 Å². The Morgan fingerprint density at radius 3 is 1.49 bits per heavy atom. The van der Waals surface area contributed by atoms with Gasteiger partial charge in [-0.2, -0.15) is 0 Å². The van der Waals surface area contributed by atoms with E-state index in [4.69, 9.17) is 43.0 Å². The minimum absolute atomic E-state index is 0.0208. The number of carboxylic acid groups (broad SMARTS) is 4. The van der Waals surface area contributed by atoms with Crippen LogP contribution >= 0.6 is 0 Å². The molecule has 0 spiro atoms. The molecule has 76 heavy (non-hydrogen) atoms. The zero-order valence-electron chi connectivity index (χ0n) is 42.5. The second-order valence-corrected chi connectivity index (χ2v) is 17.1. The van der Waals surface area contributed by atoms with Gasteiger partial charge in [0.1, 0.15) is 26.4 Å². The van der Waals surface area contributed by atoms with E-state index >= 15 is 0 Å². The van der Waals surface area contributed by atoms with E-state index in [1.54, 1.807) is 0 Å². The third kappa shape index (κ3) is 24.8. The summed E-state index contributed by atoms with van der Waals surface area (Å²) >= 11 is 0. The van der Waals surface area contributed by atoms with Gasteiger partial charge in [0, 0.05) is 35.6 Å². The number of aromatic carboxylic acids is 2. The van der Waals surface area contributed by atoms with Crippen LogP contribution in [0.5, 0.6) is 0 Å². The zero-order chi connectivity index (χ0) is 57.7. The highest BCUT2D eigenvalue weighted by molar-refractivity contribution is 6.09. The topological polar surface area (TPSA) is 360 Å². The van der Waals surface area contributed by atoms with Crippen molar-refractivity contribution in [1.82, 2.24) is 0 Å². The van der Waals surface area contributed by atoms with Gasteiger partial charge in [0.25, 0.3) is 0 Å². The molecule has 2 atom stereocenters. The number of carbonyl (C=O) groups is 12. The zero-order valence-corrected chi connectivity index (χ0v) is 42.5. The fourth-order valence-corrected chi connectivity index (χ4v) is 5.98. The lowest BCUT2D eigenvalue weighted by Gasteiger charge is -2.25. The van der Waals surface area contributed by atoms with Gasteiger partial charge in [0.15, 0.2) is 12.2 Å². The first-order valence-corrected chi connectivity index (χ1v) is 23.1. The largest absolute Gasteiger partial charge is 0.478 e. The Morgan fingerprint density at radius 2 is 1.04 bits per heavy atom. The molecule has 0 radical (unpaired) electrons. The number of esters is 8. The van der Waals surface area contributed by atoms with Crippen molar-refractivity contribution in [2.45, 2.75) is 97.7 Å². The number of hydrogen-bond acceptors (Lipinski definition) is 20. The molecular weight excluding hydrogens is 1010 g/mol. The highest BCUT2D eigenvalue weighted by Crippen LogP contribution is 2.27. The summed E-state index contributed by atoms with van der Waals surface area (Å²) in [5, 5.41) is 37.0. The van der Waals surface area contributed by atoms with Gasteiger partial charge in [-0.3, -0.25) is 14.4 Å². The molecule has 0 aliphatic rings. The molecule has 0 saturated heterocycles. The van der Waals surface area contributed by atoms with Gasteiger partial charge in [-0.25, -0.2) is 43.2 Å². The molecule has 414 valence electrons. The highest BCUT2D eigenvalue weighted by atomic mass is 16.6. The second-order valence-electron chi connectivity index (χ2n) is 17.1. The van der Waals surface area contributed by atoms with Crippen molar-refractivity contribution in [2.75, 3.05) is 39.6 Å². The van der Waals surface area contributed by atoms with Crippen LogP contribution in [-0.4, -0.2) is 144 Å². The molecule has 1 aromatic carbocycles. The molecule has 1 rings (SSSR count). The van der Waals surface area contributed by atoms with Crippen LogP contribution in [0.3, 0.4) is 0 Å². The number of carbonyl (C=O) groups excluding carboxylic acids is 8. The van der Waals surface area contributed by atoms with Crippen LogP contribution < -0.4 is 0 Å². The molecular formula is C52H62O24. The number of carboxylic acids is 4. The Bertz CT molecular complexity index is 2470. The van der Waals surface area contributed by atoms with Crippen LogP contribution in [0.25, 0.3) is 0 Å². The maximum Gasteiger partial charge on any atom is 0.338 e. The maximum atomic E-state index is 13.3. The summed E-state index contributed by atoms with van der Waals surface area (Å²) < 4.78 is 41.8. The van der Waals surface area contributed by atoms with E-state index in [0.717, 1.165) is 30.4 Å². The Morgan fingerprint density at radius 1 is 0.579 bits per heavy atom. The lowest BCUT2D eigenvalue weighted by Crippen LogP contribution is -2.35. The number of rotatable bonds is 36. The average molecular weight is 1070 g/mol. The van der Waals surface area contributed by atoms with Crippen molar-refractivity contribution < 1.29 is 116 Å². The number of ether oxygens (including phenoxy) is 8. The molecule has 0 aromatic heterocycles. The summed E-state index contributed by atoms with van der Waals surface area (Å²) in [6, 6.07) is 2.98. The number of allylic oxidation sites excluding steroid dienone is 2.